The predicted molar refractivity (Wildman–Crippen MR) is 71.1 cm³/mol. The van der Waals surface area contributed by atoms with Gasteiger partial charge in [-0.1, -0.05) is 30.3 Å². The highest BCUT2D eigenvalue weighted by atomic mass is 15.0. The number of aryl methyl sites for hydroxylation is 1. The van der Waals surface area contributed by atoms with Crippen LogP contribution in [0.4, 0.5) is 0 Å². The second-order valence-electron chi connectivity index (χ2n) is 4.94. The van der Waals surface area contributed by atoms with E-state index in [-0.39, 0.29) is 0 Å². The molecule has 1 nitrogen and oxygen atoms in total. The highest BCUT2D eigenvalue weighted by Crippen LogP contribution is 2.46. The number of benzene rings is 1. The zero-order valence-corrected chi connectivity index (χ0v) is 10.3. The van der Waals surface area contributed by atoms with E-state index in [0.29, 0.717) is 5.92 Å². The number of nitrogens with zero attached hydrogens (tertiary/aromatic N) is 1. The minimum Gasteiger partial charge on any atom is -0.351 e. The van der Waals surface area contributed by atoms with Gasteiger partial charge in [0.05, 0.1) is 0 Å². The zero-order chi connectivity index (χ0) is 11.7. The van der Waals surface area contributed by atoms with E-state index < -0.39 is 0 Å². The summed E-state index contributed by atoms with van der Waals surface area (Å²) in [4.78, 5) is 0. The fourth-order valence-electron chi connectivity index (χ4n) is 2.77. The third kappa shape index (κ3) is 2.02. The summed E-state index contributed by atoms with van der Waals surface area (Å²) in [6.45, 7) is 3.29. The maximum Gasteiger partial charge on any atom is 0.0271 e. The molecule has 0 spiro atoms. The van der Waals surface area contributed by atoms with Crippen LogP contribution in [0.5, 0.6) is 0 Å². The predicted octanol–water partition coefficient (Wildman–Crippen LogP) is 4.05. The molecule has 1 heterocycles. The van der Waals surface area contributed by atoms with Gasteiger partial charge in [0.1, 0.15) is 0 Å². The summed E-state index contributed by atoms with van der Waals surface area (Å²) in [5.41, 5.74) is 2.96. The van der Waals surface area contributed by atoms with Gasteiger partial charge < -0.3 is 4.57 Å². The lowest BCUT2D eigenvalue weighted by atomic mass is 9.91. The molecule has 2 aromatic rings. The maximum atomic E-state index is 2.38. The van der Waals surface area contributed by atoms with E-state index in [4.69, 9.17) is 0 Å². The summed E-state index contributed by atoms with van der Waals surface area (Å²) in [6.07, 6.45) is 4.97. The molecule has 3 rings (SSSR count). The smallest absolute Gasteiger partial charge is 0.0271 e. The summed E-state index contributed by atoms with van der Waals surface area (Å²) < 4.78 is 2.38. The molecule has 1 heteroatoms. The van der Waals surface area contributed by atoms with Gasteiger partial charge in [-0.15, -0.1) is 0 Å². The van der Waals surface area contributed by atoms with Gasteiger partial charge in [-0.05, 0) is 43.4 Å². The first-order chi connectivity index (χ1) is 8.40. The lowest BCUT2D eigenvalue weighted by Crippen LogP contribution is -2.09. The van der Waals surface area contributed by atoms with E-state index in [1.54, 1.807) is 0 Å². The van der Waals surface area contributed by atoms with E-state index in [1.807, 2.05) is 0 Å². The Labute approximate surface area is 103 Å². The molecule has 88 valence electrons. The minimum atomic E-state index is 0.603. The highest BCUT2D eigenvalue weighted by molar-refractivity contribution is 5.31. The summed E-state index contributed by atoms with van der Waals surface area (Å²) in [5, 5.41) is 0. The van der Waals surface area contributed by atoms with Crippen molar-refractivity contribution in [2.24, 2.45) is 5.92 Å². The molecule has 1 aliphatic carbocycles. The first-order valence-electron chi connectivity index (χ1n) is 6.60. The van der Waals surface area contributed by atoms with Crippen molar-refractivity contribution in [2.75, 3.05) is 0 Å². The van der Waals surface area contributed by atoms with Gasteiger partial charge in [0.2, 0.25) is 0 Å². The molecule has 1 aromatic carbocycles. The molecule has 1 fully saturated rings. The normalized spacial score (nSPS) is 17.0. The Hall–Kier alpha value is -1.50. The SMILES string of the molecule is CCn1cccc1C(c1ccccc1)C1CC1. The van der Waals surface area contributed by atoms with Crippen LogP contribution in [-0.2, 0) is 6.54 Å². The van der Waals surface area contributed by atoms with E-state index in [2.05, 4.69) is 60.2 Å². The number of aromatic nitrogens is 1. The molecular weight excluding hydrogens is 206 g/mol. The van der Waals surface area contributed by atoms with Crippen molar-refractivity contribution in [2.45, 2.75) is 32.2 Å². The fourth-order valence-corrected chi connectivity index (χ4v) is 2.77. The molecule has 0 radical (unpaired) electrons. The quantitative estimate of drug-likeness (QED) is 0.739. The van der Waals surface area contributed by atoms with Gasteiger partial charge in [-0.2, -0.15) is 0 Å². The van der Waals surface area contributed by atoms with Gasteiger partial charge in [-0.25, -0.2) is 0 Å². The molecule has 0 aliphatic heterocycles. The molecule has 17 heavy (non-hydrogen) atoms. The van der Waals surface area contributed by atoms with Crippen LogP contribution in [0.3, 0.4) is 0 Å². The summed E-state index contributed by atoms with van der Waals surface area (Å²) in [7, 11) is 0. The van der Waals surface area contributed by atoms with Crippen molar-refractivity contribution >= 4 is 0 Å². The van der Waals surface area contributed by atoms with Crippen LogP contribution in [0.15, 0.2) is 48.7 Å². The van der Waals surface area contributed by atoms with Gasteiger partial charge in [-0.3, -0.25) is 0 Å². The maximum absolute atomic E-state index is 2.38. The Balaban J connectivity index is 2.01. The second-order valence-corrected chi connectivity index (χ2v) is 4.94. The van der Waals surface area contributed by atoms with E-state index in [0.717, 1.165) is 12.5 Å². The van der Waals surface area contributed by atoms with E-state index in [1.165, 1.54) is 24.1 Å². The van der Waals surface area contributed by atoms with Gasteiger partial charge >= 0.3 is 0 Å². The van der Waals surface area contributed by atoms with Gasteiger partial charge in [0.25, 0.3) is 0 Å². The van der Waals surface area contributed by atoms with Crippen LogP contribution < -0.4 is 0 Å². The molecular formula is C16H19N. The van der Waals surface area contributed by atoms with Crippen molar-refractivity contribution in [1.82, 2.24) is 4.57 Å². The van der Waals surface area contributed by atoms with Crippen LogP contribution in [0.2, 0.25) is 0 Å². The first kappa shape index (κ1) is 10.6. The van der Waals surface area contributed by atoms with Crippen molar-refractivity contribution < 1.29 is 0 Å². The topological polar surface area (TPSA) is 4.93 Å². The van der Waals surface area contributed by atoms with Crippen molar-refractivity contribution in [3.05, 3.63) is 59.9 Å². The first-order valence-corrected chi connectivity index (χ1v) is 6.60. The van der Waals surface area contributed by atoms with E-state index in [9.17, 15) is 0 Å². The molecule has 1 aliphatic rings. The highest BCUT2D eigenvalue weighted by Gasteiger charge is 2.34. The van der Waals surface area contributed by atoms with Crippen molar-refractivity contribution in [3.63, 3.8) is 0 Å². The largest absolute Gasteiger partial charge is 0.351 e. The average molecular weight is 225 g/mol. The molecule has 0 amide bonds. The Bertz CT molecular complexity index is 479. The molecule has 1 saturated carbocycles. The lowest BCUT2D eigenvalue weighted by Gasteiger charge is -2.19. The zero-order valence-electron chi connectivity index (χ0n) is 10.3. The monoisotopic (exact) mass is 225 g/mol. The van der Waals surface area contributed by atoms with Crippen LogP contribution in [-0.4, -0.2) is 4.57 Å². The van der Waals surface area contributed by atoms with E-state index >= 15 is 0 Å². The Kier molecular flexibility index (Phi) is 2.76. The Morgan fingerprint density at radius 1 is 1.12 bits per heavy atom. The molecule has 0 saturated heterocycles. The standard InChI is InChI=1S/C16H19N/c1-2-17-12-6-9-15(17)16(14-10-11-14)13-7-4-3-5-8-13/h3-9,12,14,16H,2,10-11H2,1H3. The van der Waals surface area contributed by atoms with Crippen LogP contribution in [0.1, 0.15) is 36.9 Å². The van der Waals surface area contributed by atoms with Crippen molar-refractivity contribution in [3.8, 4) is 0 Å². The third-order valence-corrected chi connectivity index (χ3v) is 3.78. The Morgan fingerprint density at radius 3 is 2.53 bits per heavy atom. The van der Waals surface area contributed by atoms with Crippen molar-refractivity contribution in [1.29, 1.82) is 0 Å². The third-order valence-electron chi connectivity index (χ3n) is 3.78. The fraction of sp³-hybridized carbons (Fsp3) is 0.375. The summed E-state index contributed by atoms with van der Waals surface area (Å²) >= 11 is 0. The molecule has 0 N–H and O–H groups in total. The van der Waals surface area contributed by atoms with Crippen LogP contribution in [0.25, 0.3) is 0 Å². The van der Waals surface area contributed by atoms with Crippen LogP contribution >= 0.6 is 0 Å². The summed E-state index contributed by atoms with van der Waals surface area (Å²) in [5.74, 6) is 1.46. The molecule has 0 bridgehead atoms. The minimum absolute atomic E-state index is 0.603. The number of hydrogen-bond donors (Lipinski definition) is 0. The number of hydrogen-bond acceptors (Lipinski definition) is 0. The lowest BCUT2D eigenvalue weighted by molar-refractivity contribution is 0.616. The molecule has 1 aromatic heterocycles. The molecule has 1 unspecified atom stereocenters. The van der Waals surface area contributed by atoms with Gasteiger partial charge in [0.15, 0.2) is 0 Å². The van der Waals surface area contributed by atoms with Crippen LogP contribution in [0, 0.1) is 5.92 Å². The molecule has 1 atom stereocenters. The number of rotatable bonds is 4. The second kappa shape index (κ2) is 4.40. The summed E-state index contributed by atoms with van der Waals surface area (Å²) in [6, 6.07) is 15.4. The Morgan fingerprint density at radius 2 is 1.88 bits per heavy atom. The average Bonchev–Trinajstić information content (AvgIpc) is 3.09. The van der Waals surface area contributed by atoms with Gasteiger partial charge in [0, 0.05) is 24.4 Å².